The van der Waals surface area contributed by atoms with E-state index < -0.39 is 0 Å². The molecule has 3 nitrogen and oxygen atoms in total. The maximum atomic E-state index is 12.9. The van der Waals surface area contributed by atoms with Crippen LogP contribution in [0.4, 0.5) is 10.1 Å². The van der Waals surface area contributed by atoms with Crippen LogP contribution in [0, 0.1) is 11.7 Å². The first kappa shape index (κ1) is 11.7. The largest absolute Gasteiger partial charge is 0.326 e. The average Bonchev–Trinajstić information content (AvgIpc) is 2.20. The molecule has 0 unspecified atom stereocenters. The molecule has 1 amide bonds. The van der Waals surface area contributed by atoms with Gasteiger partial charge in [0, 0.05) is 18.2 Å². The minimum atomic E-state index is -0.349. The molecule has 1 aromatic rings. The van der Waals surface area contributed by atoms with Crippen molar-refractivity contribution >= 4 is 11.6 Å². The summed E-state index contributed by atoms with van der Waals surface area (Å²) < 4.78 is 12.9. The van der Waals surface area contributed by atoms with Crippen LogP contribution in [0.5, 0.6) is 0 Å². The number of rotatable bonds is 3. The lowest BCUT2D eigenvalue weighted by Crippen LogP contribution is -2.19. The van der Waals surface area contributed by atoms with Gasteiger partial charge in [-0.1, -0.05) is 13.8 Å². The van der Waals surface area contributed by atoms with Gasteiger partial charge in [-0.2, -0.15) is 0 Å². The zero-order valence-corrected chi connectivity index (χ0v) is 8.88. The Balaban J connectivity index is 2.89. The number of hydrogen-bond donors (Lipinski definition) is 2. The monoisotopic (exact) mass is 210 g/mol. The van der Waals surface area contributed by atoms with Crippen LogP contribution < -0.4 is 11.1 Å². The molecule has 0 radical (unpaired) electrons. The molecule has 0 aliphatic carbocycles. The van der Waals surface area contributed by atoms with E-state index in [2.05, 4.69) is 5.32 Å². The molecule has 82 valence electrons. The van der Waals surface area contributed by atoms with Gasteiger partial charge in [0.15, 0.2) is 0 Å². The number of benzene rings is 1. The molecule has 0 saturated carbocycles. The van der Waals surface area contributed by atoms with Gasteiger partial charge < -0.3 is 11.1 Å². The summed E-state index contributed by atoms with van der Waals surface area (Å²) in [6, 6.07) is 4.16. The van der Waals surface area contributed by atoms with E-state index in [-0.39, 0.29) is 24.2 Å². The molecule has 0 atom stereocenters. The highest BCUT2D eigenvalue weighted by atomic mass is 19.1. The lowest BCUT2D eigenvalue weighted by molar-refractivity contribution is -0.118. The van der Waals surface area contributed by atoms with E-state index in [9.17, 15) is 9.18 Å². The molecule has 1 rings (SSSR count). The molecule has 15 heavy (non-hydrogen) atoms. The van der Waals surface area contributed by atoms with Crippen molar-refractivity contribution in [1.29, 1.82) is 0 Å². The molecular weight excluding hydrogens is 195 g/mol. The van der Waals surface area contributed by atoms with Crippen molar-refractivity contribution in [3.05, 3.63) is 29.6 Å². The Morgan fingerprint density at radius 3 is 2.73 bits per heavy atom. The van der Waals surface area contributed by atoms with Crippen LogP contribution in [0.1, 0.15) is 19.4 Å². The van der Waals surface area contributed by atoms with E-state index in [1.54, 1.807) is 13.8 Å². The van der Waals surface area contributed by atoms with Crippen LogP contribution in [-0.4, -0.2) is 5.91 Å². The summed E-state index contributed by atoms with van der Waals surface area (Å²) in [5, 5.41) is 2.70. The van der Waals surface area contributed by atoms with E-state index >= 15 is 0 Å². The van der Waals surface area contributed by atoms with Crippen LogP contribution in [0.3, 0.4) is 0 Å². The first-order valence-electron chi connectivity index (χ1n) is 4.84. The highest BCUT2D eigenvalue weighted by molar-refractivity contribution is 5.92. The maximum absolute atomic E-state index is 12.9. The molecule has 0 aliphatic rings. The second kappa shape index (κ2) is 4.89. The summed E-state index contributed by atoms with van der Waals surface area (Å²) in [5.74, 6) is -0.560. The fourth-order valence-corrected chi connectivity index (χ4v) is 1.13. The molecule has 0 aliphatic heterocycles. The molecular formula is C11H15FN2O. The lowest BCUT2D eigenvalue weighted by Gasteiger charge is -2.11. The Labute approximate surface area is 88.5 Å². The van der Waals surface area contributed by atoms with Crippen LogP contribution in [0.25, 0.3) is 0 Å². The van der Waals surface area contributed by atoms with Crippen molar-refractivity contribution in [3.8, 4) is 0 Å². The third-order valence-electron chi connectivity index (χ3n) is 2.07. The number of amides is 1. The minimum absolute atomic E-state index is 0.101. The van der Waals surface area contributed by atoms with Crippen molar-refractivity contribution in [2.24, 2.45) is 11.7 Å². The third-order valence-corrected chi connectivity index (χ3v) is 2.07. The molecule has 3 N–H and O–H groups in total. The smallest absolute Gasteiger partial charge is 0.226 e. The van der Waals surface area contributed by atoms with Gasteiger partial charge in [-0.15, -0.1) is 0 Å². The van der Waals surface area contributed by atoms with Crippen molar-refractivity contribution in [3.63, 3.8) is 0 Å². The van der Waals surface area contributed by atoms with E-state index in [4.69, 9.17) is 5.73 Å². The van der Waals surface area contributed by atoms with Crippen molar-refractivity contribution < 1.29 is 9.18 Å². The van der Waals surface area contributed by atoms with Crippen molar-refractivity contribution in [1.82, 2.24) is 0 Å². The third kappa shape index (κ3) is 3.02. The highest BCUT2D eigenvalue weighted by Gasteiger charge is 2.09. The van der Waals surface area contributed by atoms with Gasteiger partial charge in [0.1, 0.15) is 5.82 Å². The molecule has 0 bridgehead atoms. The molecule has 0 fully saturated rings. The molecule has 0 heterocycles. The van der Waals surface area contributed by atoms with Gasteiger partial charge in [-0.3, -0.25) is 4.79 Å². The summed E-state index contributed by atoms with van der Waals surface area (Å²) in [7, 11) is 0. The Bertz CT molecular complexity index is 364. The molecule has 0 aromatic heterocycles. The van der Waals surface area contributed by atoms with Gasteiger partial charge in [-0.05, 0) is 23.8 Å². The van der Waals surface area contributed by atoms with Gasteiger partial charge >= 0.3 is 0 Å². The lowest BCUT2D eigenvalue weighted by atomic mass is 10.1. The number of carbonyl (C=O) groups excluding carboxylic acids is 1. The minimum Gasteiger partial charge on any atom is -0.326 e. The van der Waals surface area contributed by atoms with Crippen molar-refractivity contribution in [2.75, 3.05) is 5.32 Å². The quantitative estimate of drug-likeness (QED) is 0.800. The first-order chi connectivity index (χ1) is 7.04. The van der Waals surface area contributed by atoms with Crippen LogP contribution in [0.2, 0.25) is 0 Å². The topological polar surface area (TPSA) is 55.1 Å². The number of anilines is 1. The highest BCUT2D eigenvalue weighted by Crippen LogP contribution is 2.17. The zero-order chi connectivity index (χ0) is 11.4. The normalized spacial score (nSPS) is 10.5. The van der Waals surface area contributed by atoms with E-state index in [1.165, 1.54) is 18.2 Å². The number of carbonyl (C=O) groups is 1. The number of nitrogens with two attached hydrogens (primary N) is 1. The summed E-state index contributed by atoms with van der Waals surface area (Å²) in [6.07, 6.45) is 0. The van der Waals surface area contributed by atoms with E-state index in [0.29, 0.717) is 11.3 Å². The number of hydrogen-bond acceptors (Lipinski definition) is 2. The number of halogens is 1. The summed E-state index contributed by atoms with van der Waals surface area (Å²) in [5.41, 5.74) is 6.64. The second-order valence-electron chi connectivity index (χ2n) is 3.65. The fourth-order valence-electron chi connectivity index (χ4n) is 1.13. The Kier molecular flexibility index (Phi) is 3.80. The molecule has 0 saturated heterocycles. The van der Waals surface area contributed by atoms with Crippen molar-refractivity contribution in [2.45, 2.75) is 20.4 Å². The standard InChI is InChI=1S/C11H15FN2O/c1-7(2)11(15)14-10-4-3-9(12)5-8(10)6-13/h3-5,7H,6,13H2,1-2H3,(H,14,15). The summed E-state index contributed by atoms with van der Waals surface area (Å²) in [4.78, 5) is 11.4. The van der Waals surface area contributed by atoms with Gasteiger partial charge in [-0.25, -0.2) is 4.39 Å². The SMILES string of the molecule is CC(C)C(=O)Nc1ccc(F)cc1CN. The Hall–Kier alpha value is -1.42. The Morgan fingerprint density at radius 1 is 1.53 bits per heavy atom. The Morgan fingerprint density at radius 2 is 2.20 bits per heavy atom. The average molecular weight is 210 g/mol. The summed E-state index contributed by atoms with van der Waals surface area (Å²) >= 11 is 0. The van der Waals surface area contributed by atoms with Gasteiger partial charge in [0.2, 0.25) is 5.91 Å². The summed E-state index contributed by atoms with van der Waals surface area (Å²) in [6.45, 7) is 3.79. The van der Waals surface area contributed by atoms with Crippen LogP contribution >= 0.6 is 0 Å². The fraction of sp³-hybridized carbons (Fsp3) is 0.364. The van der Waals surface area contributed by atoms with Crippen LogP contribution in [0.15, 0.2) is 18.2 Å². The van der Waals surface area contributed by atoms with E-state index in [1.807, 2.05) is 0 Å². The van der Waals surface area contributed by atoms with Gasteiger partial charge in [0.25, 0.3) is 0 Å². The second-order valence-corrected chi connectivity index (χ2v) is 3.65. The van der Waals surface area contributed by atoms with Crippen LogP contribution in [-0.2, 0) is 11.3 Å². The number of nitrogens with one attached hydrogen (secondary N) is 1. The zero-order valence-electron chi connectivity index (χ0n) is 8.88. The molecule has 1 aromatic carbocycles. The van der Waals surface area contributed by atoms with Gasteiger partial charge in [0.05, 0.1) is 0 Å². The van der Waals surface area contributed by atoms with E-state index in [0.717, 1.165) is 0 Å². The molecule has 0 spiro atoms. The first-order valence-corrected chi connectivity index (χ1v) is 4.84. The predicted molar refractivity (Wildman–Crippen MR) is 57.8 cm³/mol. The maximum Gasteiger partial charge on any atom is 0.226 e. The molecule has 4 heteroatoms. The predicted octanol–water partition coefficient (Wildman–Crippen LogP) is 1.88.